The van der Waals surface area contributed by atoms with Crippen LogP contribution in [0.15, 0.2) is 24.3 Å². The van der Waals surface area contributed by atoms with Crippen molar-refractivity contribution >= 4 is 6.41 Å². The summed E-state index contributed by atoms with van der Waals surface area (Å²) < 4.78 is 37.2. The number of carbonyl (C=O) groups is 1. The third-order valence-corrected chi connectivity index (χ3v) is 2.48. The van der Waals surface area contributed by atoms with E-state index in [1.807, 2.05) is 0 Å². The lowest BCUT2D eigenvalue weighted by molar-refractivity contribution is -0.205. The highest BCUT2D eigenvalue weighted by molar-refractivity contribution is 5.42. The zero-order valence-corrected chi connectivity index (χ0v) is 10.2. The zero-order chi connectivity index (χ0) is 14.3. The van der Waals surface area contributed by atoms with Crippen LogP contribution in [0.25, 0.3) is 0 Å². The molecule has 19 heavy (non-hydrogen) atoms. The molecule has 1 aromatic rings. The molecular formula is C12H15F3N2O2. The number of benzene rings is 1. The number of primary amides is 1. The predicted octanol–water partition coefficient (Wildman–Crippen LogP) is 1.94. The first-order valence-corrected chi connectivity index (χ1v) is 5.66. The molecule has 7 heteroatoms. The number of carbonyl (C=O) groups excluding carboxylic acids is 1. The van der Waals surface area contributed by atoms with Crippen LogP contribution in [0.3, 0.4) is 0 Å². The number of nitrogens with two attached hydrogens (primary N) is 1. The summed E-state index contributed by atoms with van der Waals surface area (Å²) in [5.41, 5.74) is 4.08. The van der Waals surface area contributed by atoms with E-state index in [-0.39, 0.29) is 13.0 Å². The van der Waals surface area contributed by atoms with Crippen molar-refractivity contribution in [3.05, 3.63) is 35.4 Å². The first-order valence-electron chi connectivity index (χ1n) is 5.66. The summed E-state index contributed by atoms with van der Waals surface area (Å²) in [6.07, 6.45) is -2.95. The largest absolute Gasteiger partial charge is 0.416 e. The fourth-order valence-electron chi connectivity index (χ4n) is 1.42. The molecule has 4 nitrogen and oxygen atoms in total. The second-order valence-corrected chi connectivity index (χ2v) is 3.89. The fourth-order valence-corrected chi connectivity index (χ4v) is 1.42. The van der Waals surface area contributed by atoms with Crippen LogP contribution in [-0.4, -0.2) is 24.6 Å². The quantitative estimate of drug-likeness (QED) is 0.858. The van der Waals surface area contributed by atoms with Gasteiger partial charge in [0.1, 0.15) is 0 Å². The summed E-state index contributed by atoms with van der Waals surface area (Å²) in [7, 11) is 0. The van der Waals surface area contributed by atoms with E-state index >= 15 is 0 Å². The Morgan fingerprint density at radius 2 is 2.00 bits per heavy atom. The Bertz CT molecular complexity index is 406. The van der Waals surface area contributed by atoms with Crippen molar-refractivity contribution in [1.29, 1.82) is 0 Å². The van der Waals surface area contributed by atoms with Gasteiger partial charge in [-0.2, -0.15) is 18.2 Å². The predicted molar refractivity (Wildman–Crippen MR) is 62.7 cm³/mol. The Labute approximate surface area is 108 Å². The van der Waals surface area contributed by atoms with Gasteiger partial charge in [-0.15, -0.1) is 0 Å². The van der Waals surface area contributed by atoms with Gasteiger partial charge in [-0.25, -0.2) is 0 Å². The molecule has 1 fully saturated rings. The molecule has 0 unspecified atom stereocenters. The standard InChI is InChI=1S/C11H12F3NO.CH3NO/c12-11(13,14)10-4-1-3-9(7-10)8-16-15-5-2-6-15;2-1-3/h1,3-4,7H,2,5-6,8H2;1H,(H2,2,3). The SMILES string of the molecule is FC(F)(F)c1cccc(CON2CCC2)c1.NC=O. The van der Waals surface area contributed by atoms with Crippen LogP contribution < -0.4 is 5.73 Å². The van der Waals surface area contributed by atoms with E-state index in [2.05, 4.69) is 5.73 Å². The molecule has 0 spiro atoms. The zero-order valence-electron chi connectivity index (χ0n) is 10.2. The van der Waals surface area contributed by atoms with Gasteiger partial charge in [-0.3, -0.25) is 9.63 Å². The maximum absolute atomic E-state index is 12.4. The number of hydrogen-bond donors (Lipinski definition) is 1. The minimum atomic E-state index is -4.28. The van der Waals surface area contributed by atoms with Crippen LogP contribution in [0, 0.1) is 0 Å². The number of hydroxylamine groups is 2. The molecule has 1 amide bonds. The molecule has 1 heterocycles. The molecule has 0 aliphatic carbocycles. The van der Waals surface area contributed by atoms with E-state index in [4.69, 9.17) is 9.63 Å². The lowest BCUT2D eigenvalue weighted by Crippen LogP contribution is -2.36. The molecule has 2 N–H and O–H groups in total. The van der Waals surface area contributed by atoms with E-state index in [1.54, 1.807) is 11.1 Å². The summed E-state index contributed by atoms with van der Waals surface area (Å²) in [5, 5.41) is 1.75. The molecule has 2 rings (SSSR count). The average molecular weight is 276 g/mol. The summed E-state index contributed by atoms with van der Waals surface area (Å²) in [6.45, 7) is 1.92. The van der Waals surface area contributed by atoms with Crippen LogP contribution in [-0.2, 0) is 22.4 Å². The van der Waals surface area contributed by atoms with Crippen molar-refractivity contribution < 1.29 is 22.8 Å². The first kappa shape index (κ1) is 15.5. The van der Waals surface area contributed by atoms with Gasteiger partial charge in [-0.1, -0.05) is 12.1 Å². The minimum absolute atomic E-state index is 0.198. The van der Waals surface area contributed by atoms with Crippen molar-refractivity contribution in [1.82, 2.24) is 5.06 Å². The normalized spacial score (nSPS) is 15.1. The highest BCUT2D eigenvalue weighted by Gasteiger charge is 2.30. The van der Waals surface area contributed by atoms with Crippen molar-refractivity contribution in [2.75, 3.05) is 13.1 Å². The topological polar surface area (TPSA) is 55.6 Å². The van der Waals surface area contributed by atoms with Crippen LogP contribution in [0.5, 0.6) is 0 Å². The molecular weight excluding hydrogens is 261 g/mol. The third kappa shape index (κ3) is 5.27. The maximum Gasteiger partial charge on any atom is 0.416 e. The van der Waals surface area contributed by atoms with Crippen LogP contribution in [0.2, 0.25) is 0 Å². The molecule has 1 aliphatic rings. The molecule has 0 bridgehead atoms. The first-order chi connectivity index (χ1) is 8.97. The molecule has 0 saturated carbocycles. The minimum Gasteiger partial charge on any atom is -0.372 e. The van der Waals surface area contributed by atoms with Gasteiger partial charge in [0.2, 0.25) is 6.41 Å². The molecule has 0 radical (unpaired) electrons. The second kappa shape index (κ2) is 7.10. The summed E-state index contributed by atoms with van der Waals surface area (Å²) >= 11 is 0. The van der Waals surface area contributed by atoms with Gasteiger partial charge in [0.15, 0.2) is 0 Å². The number of hydrogen-bond acceptors (Lipinski definition) is 3. The van der Waals surface area contributed by atoms with Gasteiger partial charge in [0, 0.05) is 13.1 Å². The van der Waals surface area contributed by atoms with E-state index in [9.17, 15) is 13.2 Å². The highest BCUT2D eigenvalue weighted by Crippen LogP contribution is 2.29. The van der Waals surface area contributed by atoms with E-state index < -0.39 is 11.7 Å². The number of amides is 1. The van der Waals surface area contributed by atoms with Gasteiger partial charge >= 0.3 is 6.18 Å². The molecule has 1 saturated heterocycles. The Hall–Kier alpha value is -1.60. The number of rotatable bonds is 3. The summed E-state index contributed by atoms with van der Waals surface area (Å²) in [5.74, 6) is 0. The van der Waals surface area contributed by atoms with Crippen molar-refractivity contribution in [3.8, 4) is 0 Å². The van der Waals surface area contributed by atoms with Crippen LogP contribution >= 0.6 is 0 Å². The highest BCUT2D eigenvalue weighted by atomic mass is 19.4. The molecule has 0 atom stereocenters. The molecule has 1 aromatic carbocycles. The lowest BCUT2D eigenvalue weighted by Gasteiger charge is -2.29. The summed E-state index contributed by atoms with van der Waals surface area (Å²) in [6, 6.07) is 5.22. The Kier molecular flexibility index (Phi) is 5.78. The number of alkyl halides is 3. The second-order valence-electron chi connectivity index (χ2n) is 3.89. The van der Waals surface area contributed by atoms with Gasteiger partial charge in [-0.05, 0) is 24.1 Å². The molecule has 106 valence electrons. The number of nitrogens with zero attached hydrogens (tertiary/aromatic N) is 1. The lowest BCUT2D eigenvalue weighted by atomic mass is 10.1. The third-order valence-electron chi connectivity index (χ3n) is 2.48. The van der Waals surface area contributed by atoms with Gasteiger partial charge < -0.3 is 5.73 Å². The monoisotopic (exact) mass is 276 g/mol. The molecule has 1 aliphatic heterocycles. The van der Waals surface area contributed by atoms with Crippen LogP contribution in [0.1, 0.15) is 17.5 Å². The smallest absolute Gasteiger partial charge is 0.372 e. The fraction of sp³-hybridized carbons (Fsp3) is 0.417. The van der Waals surface area contributed by atoms with Gasteiger partial charge in [0.25, 0.3) is 0 Å². The van der Waals surface area contributed by atoms with Crippen molar-refractivity contribution in [2.24, 2.45) is 5.73 Å². The van der Waals surface area contributed by atoms with Gasteiger partial charge in [0.05, 0.1) is 12.2 Å². The Balaban J connectivity index is 0.000000550. The average Bonchev–Trinajstić information content (AvgIpc) is 2.27. The summed E-state index contributed by atoms with van der Waals surface area (Å²) in [4.78, 5) is 13.9. The van der Waals surface area contributed by atoms with Crippen molar-refractivity contribution in [2.45, 2.75) is 19.2 Å². The number of halogens is 3. The van der Waals surface area contributed by atoms with E-state index in [1.165, 1.54) is 6.07 Å². The Morgan fingerprint density at radius 1 is 1.37 bits per heavy atom. The Morgan fingerprint density at radius 3 is 2.47 bits per heavy atom. The van der Waals surface area contributed by atoms with E-state index in [0.29, 0.717) is 5.56 Å². The van der Waals surface area contributed by atoms with E-state index in [0.717, 1.165) is 31.6 Å². The molecule has 0 aromatic heterocycles. The maximum atomic E-state index is 12.4. The van der Waals surface area contributed by atoms with Crippen molar-refractivity contribution in [3.63, 3.8) is 0 Å². The van der Waals surface area contributed by atoms with Crippen LogP contribution in [0.4, 0.5) is 13.2 Å².